The van der Waals surface area contributed by atoms with Crippen molar-refractivity contribution < 1.29 is 9.90 Å². The van der Waals surface area contributed by atoms with Crippen LogP contribution in [0.15, 0.2) is 18.2 Å². The number of phenolic OH excluding ortho intramolecular Hbond substituents is 1. The van der Waals surface area contributed by atoms with E-state index < -0.39 is 0 Å². The van der Waals surface area contributed by atoms with Crippen LogP contribution in [-0.4, -0.2) is 26.2 Å². The second-order valence-electron chi connectivity index (χ2n) is 4.26. The lowest BCUT2D eigenvalue weighted by Gasteiger charge is -2.06. The summed E-state index contributed by atoms with van der Waals surface area (Å²) in [6.45, 7) is 5.31. The van der Waals surface area contributed by atoms with Crippen molar-refractivity contribution in [3.05, 3.63) is 40.7 Å². The molecule has 0 fully saturated rings. The molecule has 0 unspecified atom stereocenters. The molecule has 0 bridgehead atoms. The van der Waals surface area contributed by atoms with Crippen molar-refractivity contribution in [2.75, 3.05) is 5.32 Å². The molecule has 0 radical (unpaired) electrons. The van der Waals surface area contributed by atoms with Crippen LogP contribution in [0.1, 0.15) is 27.3 Å². The van der Waals surface area contributed by atoms with Gasteiger partial charge in [-0.3, -0.25) is 10.1 Å². The lowest BCUT2D eigenvalue weighted by Crippen LogP contribution is -2.15. The van der Waals surface area contributed by atoms with Crippen molar-refractivity contribution in [1.82, 2.24) is 15.2 Å². The van der Waals surface area contributed by atoms with Crippen LogP contribution in [0, 0.1) is 20.8 Å². The molecule has 0 aliphatic carbocycles. The molecular formula is C13H14N4O2. The molecule has 0 aliphatic rings. The van der Waals surface area contributed by atoms with Crippen LogP contribution in [0.3, 0.4) is 0 Å². The molecule has 0 saturated carbocycles. The number of nitrogens with one attached hydrogen (secondary N) is 1. The van der Waals surface area contributed by atoms with Crippen molar-refractivity contribution in [1.29, 1.82) is 0 Å². The molecule has 6 heteroatoms. The first-order chi connectivity index (χ1) is 8.97. The number of benzene rings is 1. The lowest BCUT2D eigenvalue weighted by atomic mass is 10.1. The zero-order valence-corrected chi connectivity index (χ0v) is 10.9. The van der Waals surface area contributed by atoms with Crippen molar-refractivity contribution >= 4 is 11.9 Å². The number of hydrogen-bond acceptors (Lipinski definition) is 5. The molecule has 2 N–H and O–H groups in total. The fourth-order valence-electron chi connectivity index (χ4n) is 1.48. The zero-order chi connectivity index (χ0) is 14.0. The molecular weight excluding hydrogens is 244 g/mol. The number of carbonyl (C=O) groups excluding carboxylic acids is 1. The Morgan fingerprint density at radius 1 is 1.16 bits per heavy atom. The summed E-state index contributed by atoms with van der Waals surface area (Å²) in [6.07, 6.45) is 0. The van der Waals surface area contributed by atoms with Crippen LogP contribution in [0.2, 0.25) is 0 Å². The summed E-state index contributed by atoms with van der Waals surface area (Å²) < 4.78 is 0. The Balaban J connectivity index is 2.20. The molecule has 0 aliphatic heterocycles. The van der Waals surface area contributed by atoms with Crippen molar-refractivity contribution in [2.24, 2.45) is 0 Å². The van der Waals surface area contributed by atoms with Gasteiger partial charge in [-0.05, 0) is 44.5 Å². The van der Waals surface area contributed by atoms with Gasteiger partial charge in [-0.1, -0.05) is 0 Å². The Morgan fingerprint density at radius 3 is 2.53 bits per heavy atom. The number of anilines is 1. The molecule has 0 saturated heterocycles. The molecule has 1 aromatic carbocycles. The Morgan fingerprint density at radius 2 is 1.89 bits per heavy atom. The summed E-state index contributed by atoms with van der Waals surface area (Å²) in [5.41, 5.74) is 2.49. The Labute approximate surface area is 110 Å². The minimum Gasteiger partial charge on any atom is -0.508 e. The second kappa shape index (κ2) is 5.01. The highest BCUT2D eigenvalue weighted by atomic mass is 16.3. The summed E-state index contributed by atoms with van der Waals surface area (Å²) in [7, 11) is 0. The fraction of sp³-hybridized carbons (Fsp3) is 0.231. The van der Waals surface area contributed by atoms with E-state index in [0.717, 1.165) is 5.69 Å². The van der Waals surface area contributed by atoms with E-state index in [1.807, 2.05) is 0 Å². The number of nitrogens with zero attached hydrogens (tertiary/aromatic N) is 3. The first-order valence-electron chi connectivity index (χ1n) is 5.76. The average molecular weight is 258 g/mol. The third-order valence-electron chi connectivity index (χ3n) is 2.78. The van der Waals surface area contributed by atoms with E-state index in [2.05, 4.69) is 20.5 Å². The number of aryl methyl sites for hydroxylation is 3. The predicted molar refractivity (Wildman–Crippen MR) is 70.1 cm³/mol. The third kappa shape index (κ3) is 2.85. The number of phenols is 1. The van der Waals surface area contributed by atoms with Gasteiger partial charge in [-0.15, -0.1) is 5.10 Å². The van der Waals surface area contributed by atoms with E-state index in [9.17, 15) is 9.90 Å². The van der Waals surface area contributed by atoms with Crippen molar-refractivity contribution in [3.63, 3.8) is 0 Å². The van der Waals surface area contributed by atoms with E-state index in [4.69, 9.17) is 0 Å². The molecule has 0 spiro atoms. The summed E-state index contributed by atoms with van der Waals surface area (Å²) >= 11 is 0. The highest BCUT2D eigenvalue weighted by molar-refractivity contribution is 6.03. The molecule has 2 aromatic rings. The smallest absolute Gasteiger partial charge is 0.258 e. The number of aromatic nitrogens is 3. The minimum atomic E-state index is -0.340. The quantitative estimate of drug-likeness (QED) is 0.856. The Bertz CT molecular complexity index is 641. The third-order valence-corrected chi connectivity index (χ3v) is 2.78. The van der Waals surface area contributed by atoms with Gasteiger partial charge in [0, 0.05) is 5.56 Å². The molecule has 2 rings (SSSR count). The lowest BCUT2D eigenvalue weighted by molar-refractivity contribution is 0.102. The van der Waals surface area contributed by atoms with E-state index >= 15 is 0 Å². The van der Waals surface area contributed by atoms with Crippen LogP contribution in [0.25, 0.3) is 0 Å². The summed E-state index contributed by atoms with van der Waals surface area (Å²) in [4.78, 5) is 16.1. The maximum Gasteiger partial charge on any atom is 0.258 e. The Hall–Kier alpha value is -2.50. The predicted octanol–water partition coefficient (Wildman–Crippen LogP) is 1.75. The van der Waals surface area contributed by atoms with Crippen molar-refractivity contribution in [3.8, 4) is 5.75 Å². The SMILES string of the molecule is Cc1cc(C(=O)Nc2nnc(C)c(C)n2)ccc1O. The van der Waals surface area contributed by atoms with Crippen LogP contribution in [0.4, 0.5) is 5.95 Å². The Kier molecular flexibility index (Phi) is 3.41. The van der Waals surface area contributed by atoms with E-state index in [0.29, 0.717) is 16.8 Å². The maximum absolute atomic E-state index is 12.0. The average Bonchev–Trinajstić information content (AvgIpc) is 2.37. The van der Waals surface area contributed by atoms with Gasteiger partial charge in [0.15, 0.2) is 0 Å². The summed E-state index contributed by atoms with van der Waals surface area (Å²) in [5.74, 6) is -0.0207. The van der Waals surface area contributed by atoms with E-state index in [1.165, 1.54) is 12.1 Å². The molecule has 19 heavy (non-hydrogen) atoms. The van der Waals surface area contributed by atoms with Gasteiger partial charge in [0.2, 0.25) is 5.95 Å². The largest absolute Gasteiger partial charge is 0.508 e. The molecule has 1 aromatic heterocycles. The van der Waals surface area contributed by atoms with Gasteiger partial charge >= 0.3 is 0 Å². The molecule has 0 atom stereocenters. The maximum atomic E-state index is 12.0. The molecule has 6 nitrogen and oxygen atoms in total. The van der Waals surface area contributed by atoms with E-state index in [-0.39, 0.29) is 17.6 Å². The first kappa shape index (κ1) is 12.9. The van der Waals surface area contributed by atoms with Gasteiger partial charge < -0.3 is 5.11 Å². The van der Waals surface area contributed by atoms with Gasteiger partial charge in [0.05, 0.1) is 11.4 Å². The number of hydrogen-bond donors (Lipinski definition) is 2. The standard InChI is InChI=1S/C13H14N4O2/c1-7-6-10(4-5-11(7)18)12(19)15-13-14-8(2)9(3)16-17-13/h4-6,18H,1-3H3,(H,14,15,17,19). The van der Waals surface area contributed by atoms with Gasteiger partial charge in [-0.25, -0.2) is 4.98 Å². The zero-order valence-electron chi connectivity index (χ0n) is 10.9. The van der Waals surface area contributed by atoms with Crippen LogP contribution in [-0.2, 0) is 0 Å². The second-order valence-corrected chi connectivity index (χ2v) is 4.26. The molecule has 1 amide bonds. The fourth-order valence-corrected chi connectivity index (χ4v) is 1.48. The van der Waals surface area contributed by atoms with Gasteiger partial charge in [0.25, 0.3) is 5.91 Å². The molecule has 98 valence electrons. The summed E-state index contributed by atoms with van der Waals surface area (Å²) in [6, 6.07) is 4.61. The first-order valence-corrected chi connectivity index (χ1v) is 5.76. The minimum absolute atomic E-state index is 0.153. The van der Waals surface area contributed by atoms with Crippen molar-refractivity contribution in [2.45, 2.75) is 20.8 Å². The van der Waals surface area contributed by atoms with Crippen LogP contribution < -0.4 is 5.32 Å². The topological polar surface area (TPSA) is 88.0 Å². The van der Waals surface area contributed by atoms with E-state index in [1.54, 1.807) is 26.8 Å². The highest BCUT2D eigenvalue weighted by Crippen LogP contribution is 2.17. The van der Waals surface area contributed by atoms with Crippen LogP contribution in [0.5, 0.6) is 5.75 Å². The van der Waals surface area contributed by atoms with Crippen LogP contribution >= 0.6 is 0 Å². The highest BCUT2D eigenvalue weighted by Gasteiger charge is 2.10. The number of rotatable bonds is 2. The van der Waals surface area contributed by atoms with Gasteiger partial charge in [-0.2, -0.15) is 5.10 Å². The monoisotopic (exact) mass is 258 g/mol. The number of aromatic hydroxyl groups is 1. The molecule has 1 heterocycles. The normalized spacial score (nSPS) is 10.3. The van der Waals surface area contributed by atoms with Gasteiger partial charge in [0.1, 0.15) is 5.75 Å². The number of amides is 1. The summed E-state index contributed by atoms with van der Waals surface area (Å²) in [5, 5.41) is 19.7. The number of carbonyl (C=O) groups is 1.